The van der Waals surface area contributed by atoms with Crippen molar-refractivity contribution in [2.24, 2.45) is 5.92 Å². The monoisotopic (exact) mass is 355 g/mol. The predicted molar refractivity (Wildman–Crippen MR) is 102 cm³/mol. The molecule has 1 unspecified atom stereocenters. The number of anilines is 1. The molecule has 1 aromatic rings. The molecule has 0 heterocycles. The lowest BCUT2D eigenvalue weighted by atomic mass is 10.0. The van der Waals surface area contributed by atoms with Crippen molar-refractivity contribution >= 4 is 35.2 Å². The zero-order valence-corrected chi connectivity index (χ0v) is 16.1. The summed E-state index contributed by atoms with van der Waals surface area (Å²) in [5, 5.41) is 0. The molecular weight excluding hydrogens is 326 g/mol. The minimum atomic E-state index is -0.0898. The first-order chi connectivity index (χ1) is 11.1. The van der Waals surface area contributed by atoms with E-state index >= 15 is 0 Å². The molecule has 5 heteroatoms. The maximum absolute atomic E-state index is 11.8. The molecule has 0 saturated heterocycles. The molecular formula is C18H29NO2S2. The zero-order valence-electron chi connectivity index (χ0n) is 14.5. The fourth-order valence-electron chi connectivity index (χ4n) is 2.21. The second-order valence-electron chi connectivity index (χ2n) is 5.60. The molecule has 0 aliphatic rings. The van der Waals surface area contributed by atoms with Gasteiger partial charge >= 0.3 is 5.97 Å². The number of carbonyl (C=O) groups excluding carboxylic acids is 1. The minimum absolute atomic E-state index is 0.0898. The van der Waals surface area contributed by atoms with Crippen LogP contribution in [0.3, 0.4) is 0 Å². The average molecular weight is 356 g/mol. The lowest BCUT2D eigenvalue weighted by Gasteiger charge is -2.14. The van der Waals surface area contributed by atoms with Gasteiger partial charge in [-0.05, 0) is 36.8 Å². The standard InChI is InChI=1S/C18H29NO2S2/c1-4-6-7-14(5-2)13-21-18(20)10-11-23-15-8-9-16(19)17(12-15)22-3/h8-9,12,14H,4-7,10-11,13,19H2,1-3H3. The molecule has 0 aliphatic carbocycles. The summed E-state index contributed by atoms with van der Waals surface area (Å²) < 4.78 is 5.42. The van der Waals surface area contributed by atoms with Crippen molar-refractivity contribution in [2.45, 2.75) is 55.7 Å². The van der Waals surface area contributed by atoms with Gasteiger partial charge in [0.15, 0.2) is 0 Å². The summed E-state index contributed by atoms with van der Waals surface area (Å²) in [6.07, 6.45) is 7.10. The van der Waals surface area contributed by atoms with Gasteiger partial charge in [-0.1, -0.05) is 33.1 Å². The summed E-state index contributed by atoms with van der Waals surface area (Å²) in [5.74, 6) is 1.16. The van der Waals surface area contributed by atoms with Crippen LogP contribution in [0, 0.1) is 5.92 Å². The molecule has 130 valence electrons. The number of nitrogen functional groups attached to an aromatic ring is 1. The lowest BCUT2D eigenvalue weighted by molar-refractivity contribution is -0.144. The molecule has 2 N–H and O–H groups in total. The number of thioether (sulfide) groups is 2. The molecule has 1 aromatic carbocycles. The highest BCUT2D eigenvalue weighted by molar-refractivity contribution is 7.99. The molecule has 1 rings (SSSR count). The molecule has 23 heavy (non-hydrogen) atoms. The third-order valence-corrected chi connectivity index (χ3v) is 5.59. The Hall–Kier alpha value is -0.810. The Kier molecular flexibility index (Phi) is 10.3. The maximum atomic E-state index is 11.8. The van der Waals surface area contributed by atoms with Gasteiger partial charge < -0.3 is 10.5 Å². The van der Waals surface area contributed by atoms with Crippen LogP contribution in [0.5, 0.6) is 0 Å². The van der Waals surface area contributed by atoms with Gasteiger partial charge in [0.25, 0.3) is 0 Å². The molecule has 1 atom stereocenters. The van der Waals surface area contributed by atoms with Crippen LogP contribution >= 0.6 is 23.5 Å². The first-order valence-corrected chi connectivity index (χ1v) is 10.5. The van der Waals surface area contributed by atoms with Gasteiger partial charge in [0.05, 0.1) is 13.0 Å². The Morgan fingerprint density at radius 3 is 2.78 bits per heavy atom. The van der Waals surface area contributed by atoms with Gasteiger partial charge in [-0.15, -0.1) is 23.5 Å². The Morgan fingerprint density at radius 2 is 2.13 bits per heavy atom. The van der Waals surface area contributed by atoms with E-state index in [2.05, 4.69) is 19.9 Å². The lowest BCUT2D eigenvalue weighted by Crippen LogP contribution is -2.14. The van der Waals surface area contributed by atoms with Crippen LogP contribution in [0.4, 0.5) is 5.69 Å². The Bertz CT molecular complexity index is 480. The number of benzene rings is 1. The number of unbranched alkanes of at least 4 members (excludes halogenated alkanes) is 1. The number of nitrogens with two attached hydrogens (primary N) is 1. The van der Waals surface area contributed by atoms with E-state index in [0.29, 0.717) is 18.9 Å². The number of ether oxygens (including phenoxy) is 1. The van der Waals surface area contributed by atoms with Gasteiger partial charge in [0, 0.05) is 21.2 Å². The first kappa shape index (κ1) is 20.2. The van der Waals surface area contributed by atoms with E-state index in [-0.39, 0.29) is 5.97 Å². The fourth-order valence-corrected chi connectivity index (χ4v) is 3.71. The summed E-state index contributed by atoms with van der Waals surface area (Å²) >= 11 is 3.31. The van der Waals surface area contributed by atoms with Gasteiger partial charge in [0.2, 0.25) is 0 Å². The maximum Gasteiger partial charge on any atom is 0.306 e. The number of rotatable bonds is 11. The van der Waals surface area contributed by atoms with Gasteiger partial charge in [-0.2, -0.15) is 0 Å². The number of hydrogen-bond donors (Lipinski definition) is 1. The van der Waals surface area contributed by atoms with Crippen LogP contribution in [0.1, 0.15) is 46.0 Å². The van der Waals surface area contributed by atoms with E-state index in [1.165, 1.54) is 12.8 Å². The molecule has 0 saturated carbocycles. The van der Waals surface area contributed by atoms with Crippen LogP contribution in [-0.4, -0.2) is 24.6 Å². The summed E-state index contributed by atoms with van der Waals surface area (Å²) in [4.78, 5) is 14.1. The van der Waals surface area contributed by atoms with Crippen molar-refractivity contribution < 1.29 is 9.53 Å². The van der Waals surface area contributed by atoms with Crippen molar-refractivity contribution in [1.29, 1.82) is 0 Å². The normalized spacial score (nSPS) is 12.1. The summed E-state index contributed by atoms with van der Waals surface area (Å²) in [5.41, 5.74) is 6.69. The summed E-state index contributed by atoms with van der Waals surface area (Å²) in [6, 6.07) is 6.00. The van der Waals surface area contributed by atoms with Crippen LogP contribution in [-0.2, 0) is 9.53 Å². The van der Waals surface area contributed by atoms with Crippen molar-refractivity contribution in [1.82, 2.24) is 0 Å². The zero-order chi connectivity index (χ0) is 17.1. The third kappa shape index (κ3) is 8.02. The third-order valence-electron chi connectivity index (χ3n) is 3.80. The smallest absolute Gasteiger partial charge is 0.306 e. The highest BCUT2D eigenvalue weighted by atomic mass is 32.2. The van der Waals surface area contributed by atoms with Crippen LogP contribution in [0.25, 0.3) is 0 Å². The van der Waals surface area contributed by atoms with E-state index < -0.39 is 0 Å². The number of esters is 1. The second-order valence-corrected chi connectivity index (χ2v) is 7.62. The van der Waals surface area contributed by atoms with Gasteiger partial charge in [0.1, 0.15) is 0 Å². The predicted octanol–water partition coefficient (Wildman–Crippen LogP) is 5.23. The van der Waals surface area contributed by atoms with Gasteiger partial charge in [-0.25, -0.2) is 0 Å². The largest absolute Gasteiger partial charge is 0.465 e. The first-order valence-electron chi connectivity index (χ1n) is 8.32. The van der Waals surface area contributed by atoms with Crippen LogP contribution in [0.2, 0.25) is 0 Å². The van der Waals surface area contributed by atoms with Crippen molar-refractivity contribution in [3.05, 3.63) is 18.2 Å². The fraction of sp³-hybridized carbons (Fsp3) is 0.611. The average Bonchev–Trinajstić information content (AvgIpc) is 2.56. The Balaban J connectivity index is 2.28. The summed E-state index contributed by atoms with van der Waals surface area (Å²) in [7, 11) is 0. The topological polar surface area (TPSA) is 52.3 Å². The molecule has 0 fully saturated rings. The summed E-state index contributed by atoms with van der Waals surface area (Å²) in [6.45, 7) is 4.92. The molecule has 3 nitrogen and oxygen atoms in total. The van der Waals surface area contributed by atoms with E-state index in [4.69, 9.17) is 10.5 Å². The van der Waals surface area contributed by atoms with Crippen LogP contribution < -0.4 is 5.73 Å². The molecule has 0 aliphatic heterocycles. The quantitative estimate of drug-likeness (QED) is 0.334. The van der Waals surface area contributed by atoms with E-state index in [1.54, 1.807) is 23.5 Å². The number of carbonyl (C=O) groups is 1. The van der Waals surface area contributed by atoms with Crippen molar-refractivity contribution in [3.63, 3.8) is 0 Å². The molecule has 0 amide bonds. The van der Waals surface area contributed by atoms with E-state index in [1.807, 2.05) is 18.4 Å². The van der Waals surface area contributed by atoms with Crippen LogP contribution in [0.15, 0.2) is 28.0 Å². The minimum Gasteiger partial charge on any atom is -0.465 e. The van der Waals surface area contributed by atoms with E-state index in [0.717, 1.165) is 34.1 Å². The van der Waals surface area contributed by atoms with Crippen molar-refractivity contribution in [3.8, 4) is 0 Å². The number of hydrogen-bond acceptors (Lipinski definition) is 5. The van der Waals surface area contributed by atoms with Crippen molar-refractivity contribution in [2.75, 3.05) is 24.3 Å². The molecule has 0 radical (unpaired) electrons. The SMILES string of the molecule is CCCCC(CC)COC(=O)CCSc1ccc(N)c(SC)c1. The Morgan fingerprint density at radius 1 is 1.35 bits per heavy atom. The Labute approximate surface area is 149 Å². The molecule has 0 aromatic heterocycles. The molecule has 0 spiro atoms. The van der Waals surface area contributed by atoms with Gasteiger partial charge in [-0.3, -0.25) is 4.79 Å². The highest BCUT2D eigenvalue weighted by Crippen LogP contribution is 2.29. The second kappa shape index (κ2) is 11.7. The highest BCUT2D eigenvalue weighted by Gasteiger charge is 2.10. The van der Waals surface area contributed by atoms with E-state index in [9.17, 15) is 4.79 Å². The molecule has 0 bridgehead atoms.